The Morgan fingerprint density at radius 1 is 1.67 bits per heavy atom. The number of carbonyl (C=O) groups excluding carboxylic acids is 1. The van der Waals surface area contributed by atoms with Gasteiger partial charge in [0.1, 0.15) is 0 Å². The number of alkyl halides is 1. The van der Waals surface area contributed by atoms with Gasteiger partial charge < -0.3 is 0 Å². The van der Waals surface area contributed by atoms with Crippen molar-refractivity contribution in [3.63, 3.8) is 0 Å². The summed E-state index contributed by atoms with van der Waals surface area (Å²) in [7, 11) is 0. The van der Waals surface area contributed by atoms with Gasteiger partial charge in [0.25, 0.3) is 0 Å². The van der Waals surface area contributed by atoms with Gasteiger partial charge in [0.15, 0.2) is 5.17 Å². The molecule has 2 aliphatic heterocycles. The molecule has 1 fully saturated rings. The third-order valence-corrected chi connectivity index (χ3v) is 3.16. The molecular formula is C7H9ClN2OS. The Bertz CT molecular complexity index is 244. The van der Waals surface area contributed by atoms with E-state index in [1.54, 1.807) is 16.7 Å². The molecular weight excluding hydrogens is 196 g/mol. The van der Waals surface area contributed by atoms with Crippen LogP contribution in [0.3, 0.4) is 0 Å². The Labute approximate surface area is 80.2 Å². The highest BCUT2D eigenvalue weighted by Gasteiger charge is 2.32. The van der Waals surface area contributed by atoms with E-state index in [1.165, 1.54) is 0 Å². The largest absolute Gasteiger partial charge is 0.290 e. The number of amidine groups is 1. The van der Waals surface area contributed by atoms with Gasteiger partial charge in [0.2, 0.25) is 5.91 Å². The second kappa shape index (κ2) is 3.26. The van der Waals surface area contributed by atoms with Gasteiger partial charge in [-0.2, -0.15) is 0 Å². The molecule has 0 bridgehead atoms. The predicted octanol–water partition coefficient (Wildman–Crippen LogP) is 0.929. The molecule has 2 aliphatic rings. The molecule has 1 unspecified atom stereocenters. The first-order valence-corrected chi connectivity index (χ1v) is 5.31. The van der Waals surface area contributed by atoms with Crippen molar-refractivity contribution in [2.45, 2.75) is 11.8 Å². The van der Waals surface area contributed by atoms with E-state index < -0.39 is 0 Å². The van der Waals surface area contributed by atoms with Crippen LogP contribution in [-0.4, -0.2) is 40.2 Å². The van der Waals surface area contributed by atoms with E-state index in [-0.39, 0.29) is 11.3 Å². The minimum atomic E-state index is -0.0265. The second-order valence-corrected chi connectivity index (χ2v) is 4.50. The summed E-state index contributed by atoms with van der Waals surface area (Å²) in [6, 6.07) is 0. The minimum absolute atomic E-state index is 0.0265. The number of amides is 1. The fraction of sp³-hybridized carbons (Fsp3) is 0.714. The van der Waals surface area contributed by atoms with E-state index in [2.05, 4.69) is 4.99 Å². The molecule has 12 heavy (non-hydrogen) atoms. The summed E-state index contributed by atoms with van der Waals surface area (Å²) in [6.07, 6.45) is 0.459. The Hall–Kier alpha value is -0.220. The zero-order valence-electron chi connectivity index (χ0n) is 6.49. The van der Waals surface area contributed by atoms with Crippen LogP contribution in [0.5, 0.6) is 0 Å². The lowest BCUT2D eigenvalue weighted by atomic mass is 10.4. The summed E-state index contributed by atoms with van der Waals surface area (Å²) in [4.78, 5) is 17.3. The van der Waals surface area contributed by atoms with Gasteiger partial charge in [-0.15, -0.1) is 11.6 Å². The number of hydrogen-bond donors (Lipinski definition) is 0. The van der Waals surface area contributed by atoms with Crippen molar-refractivity contribution in [3.8, 4) is 0 Å². The Balaban J connectivity index is 2.08. The van der Waals surface area contributed by atoms with Crippen LogP contribution in [0.4, 0.5) is 0 Å². The van der Waals surface area contributed by atoms with Gasteiger partial charge in [0, 0.05) is 18.7 Å². The number of rotatable bonds is 0. The van der Waals surface area contributed by atoms with Crippen molar-refractivity contribution >= 4 is 34.4 Å². The highest BCUT2D eigenvalue weighted by atomic mass is 35.5. The van der Waals surface area contributed by atoms with Gasteiger partial charge in [-0.1, -0.05) is 11.8 Å². The highest BCUT2D eigenvalue weighted by Crippen LogP contribution is 2.23. The van der Waals surface area contributed by atoms with Crippen LogP contribution in [-0.2, 0) is 4.79 Å². The SMILES string of the molecule is O=C1CC(Cl)CN1C1=NCCS1. The Morgan fingerprint density at radius 3 is 3.00 bits per heavy atom. The summed E-state index contributed by atoms with van der Waals surface area (Å²) >= 11 is 7.50. The lowest BCUT2D eigenvalue weighted by Crippen LogP contribution is -2.29. The van der Waals surface area contributed by atoms with Crippen LogP contribution in [0.15, 0.2) is 4.99 Å². The summed E-state index contributed by atoms with van der Waals surface area (Å²) < 4.78 is 0. The lowest BCUT2D eigenvalue weighted by molar-refractivity contribution is -0.124. The monoisotopic (exact) mass is 204 g/mol. The third-order valence-electron chi connectivity index (χ3n) is 1.88. The predicted molar refractivity (Wildman–Crippen MR) is 50.7 cm³/mol. The molecule has 0 aromatic heterocycles. The average molecular weight is 205 g/mol. The number of carbonyl (C=O) groups is 1. The Morgan fingerprint density at radius 2 is 2.50 bits per heavy atom. The normalized spacial score (nSPS) is 29.8. The molecule has 66 valence electrons. The maximum absolute atomic E-state index is 11.3. The molecule has 0 N–H and O–H groups in total. The molecule has 3 nitrogen and oxygen atoms in total. The van der Waals surface area contributed by atoms with E-state index in [0.29, 0.717) is 13.0 Å². The molecule has 1 saturated heterocycles. The van der Waals surface area contributed by atoms with Crippen molar-refractivity contribution in [1.82, 2.24) is 4.90 Å². The fourth-order valence-electron chi connectivity index (χ4n) is 1.34. The first-order chi connectivity index (χ1) is 5.77. The van der Waals surface area contributed by atoms with Crippen molar-refractivity contribution in [2.24, 2.45) is 4.99 Å². The fourth-order valence-corrected chi connectivity index (χ4v) is 2.49. The van der Waals surface area contributed by atoms with Crippen LogP contribution < -0.4 is 0 Å². The quantitative estimate of drug-likeness (QED) is 0.550. The van der Waals surface area contributed by atoms with Crippen molar-refractivity contribution in [2.75, 3.05) is 18.8 Å². The van der Waals surface area contributed by atoms with Gasteiger partial charge in [0.05, 0.1) is 11.9 Å². The second-order valence-electron chi connectivity index (χ2n) is 2.82. The third kappa shape index (κ3) is 1.45. The number of hydrogen-bond acceptors (Lipinski definition) is 3. The summed E-state index contributed by atoms with van der Waals surface area (Å²) in [5, 5.41) is 0.838. The molecule has 0 saturated carbocycles. The highest BCUT2D eigenvalue weighted by molar-refractivity contribution is 8.14. The minimum Gasteiger partial charge on any atom is -0.290 e. The first kappa shape index (κ1) is 8.38. The number of aliphatic imine (C=N–C) groups is 1. The molecule has 0 aromatic carbocycles. The number of nitrogens with zero attached hydrogens (tertiary/aromatic N) is 2. The van der Waals surface area contributed by atoms with Crippen LogP contribution >= 0.6 is 23.4 Å². The number of thioether (sulfide) groups is 1. The van der Waals surface area contributed by atoms with E-state index in [9.17, 15) is 4.79 Å². The van der Waals surface area contributed by atoms with Gasteiger partial charge in [-0.25, -0.2) is 0 Å². The maximum Gasteiger partial charge on any atom is 0.230 e. The topological polar surface area (TPSA) is 32.7 Å². The lowest BCUT2D eigenvalue weighted by Gasteiger charge is -2.13. The maximum atomic E-state index is 11.3. The summed E-state index contributed by atoms with van der Waals surface area (Å²) in [5.74, 6) is 1.11. The summed E-state index contributed by atoms with van der Waals surface area (Å²) in [5.41, 5.74) is 0. The standard InChI is InChI=1S/C7H9ClN2OS/c8-5-3-6(11)10(4-5)7-9-1-2-12-7/h5H,1-4H2. The average Bonchev–Trinajstić information content (AvgIpc) is 2.58. The van der Waals surface area contributed by atoms with Crippen molar-refractivity contribution < 1.29 is 4.79 Å². The van der Waals surface area contributed by atoms with Crippen LogP contribution in [0.1, 0.15) is 6.42 Å². The zero-order chi connectivity index (χ0) is 8.55. The molecule has 0 radical (unpaired) electrons. The van der Waals surface area contributed by atoms with E-state index in [1.807, 2.05) is 0 Å². The van der Waals surface area contributed by atoms with E-state index in [4.69, 9.17) is 11.6 Å². The summed E-state index contributed by atoms with van der Waals surface area (Å²) in [6.45, 7) is 1.46. The molecule has 2 rings (SSSR count). The Kier molecular flexibility index (Phi) is 2.28. The first-order valence-electron chi connectivity index (χ1n) is 3.89. The van der Waals surface area contributed by atoms with Crippen molar-refractivity contribution in [1.29, 1.82) is 0 Å². The number of likely N-dealkylation sites (tertiary alicyclic amines) is 1. The smallest absolute Gasteiger partial charge is 0.230 e. The van der Waals surface area contributed by atoms with Gasteiger partial charge in [-0.3, -0.25) is 14.7 Å². The van der Waals surface area contributed by atoms with E-state index in [0.717, 1.165) is 17.5 Å². The number of halogens is 1. The molecule has 1 atom stereocenters. The van der Waals surface area contributed by atoms with Crippen molar-refractivity contribution in [3.05, 3.63) is 0 Å². The van der Waals surface area contributed by atoms with Crippen LogP contribution in [0.2, 0.25) is 0 Å². The molecule has 0 spiro atoms. The van der Waals surface area contributed by atoms with Crippen LogP contribution in [0, 0.1) is 0 Å². The zero-order valence-corrected chi connectivity index (χ0v) is 8.07. The van der Waals surface area contributed by atoms with Gasteiger partial charge >= 0.3 is 0 Å². The molecule has 5 heteroatoms. The van der Waals surface area contributed by atoms with Crippen LogP contribution in [0.25, 0.3) is 0 Å². The van der Waals surface area contributed by atoms with E-state index >= 15 is 0 Å². The van der Waals surface area contributed by atoms with Gasteiger partial charge in [-0.05, 0) is 0 Å². The molecule has 2 heterocycles. The molecule has 0 aliphatic carbocycles. The molecule has 0 aromatic rings. The molecule has 1 amide bonds.